The number of rotatable bonds is 3. The Bertz CT molecular complexity index is 606. The molecule has 3 nitrogen and oxygen atoms in total. The van der Waals surface area contributed by atoms with Crippen LogP contribution >= 0.6 is 23.8 Å². The van der Waals surface area contributed by atoms with Crippen molar-refractivity contribution in [2.45, 2.75) is 0 Å². The van der Waals surface area contributed by atoms with Crippen LogP contribution in [0.2, 0.25) is 5.02 Å². The molecule has 0 saturated heterocycles. The zero-order valence-electron chi connectivity index (χ0n) is 9.06. The molecule has 2 rings (SSSR count). The molecule has 6 heteroatoms. The van der Waals surface area contributed by atoms with Gasteiger partial charge in [0.05, 0.1) is 5.02 Å². The van der Waals surface area contributed by atoms with E-state index in [4.69, 9.17) is 34.3 Å². The van der Waals surface area contributed by atoms with E-state index >= 15 is 0 Å². The van der Waals surface area contributed by atoms with E-state index in [-0.39, 0.29) is 15.8 Å². The quantitative estimate of drug-likeness (QED) is 0.878. The Morgan fingerprint density at radius 2 is 2.17 bits per heavy atom. The number of halogens is 2. The van der Waals surface area contributed by atoms with Gasteiger partial charge in [0.25, 0.3) is 0 Å². The van der Waals surface area contributed by atoms with Gasteiger partial charge in [0.15, 0.2) is 11.6 Å². The third-order valence-corrected chi connectivity index (χ3v) is 2.63. The molecule has 0 aliphatic rings. The van der Waals surface area contributed by atoms with E-state index in [1.807, 2.05) is 0 Å². The summed E-state index contributed by atoms with van der Waals surface area (Å²) < 4.78 is 19.0. The maximum absolute atomic E-state index is 13.6. The monoisotopic (exact) mass is 282 g/mol. The number of nitrogens with two attached hydrogens (primary N) is 1. The summed E-state index contributed by atoms with van der Waals surface area (Å²) in [6.07, 6.45) is 1.48. The van der Waals surface area contributed by atoms with E-state index in [2.05, 4.69) is 4.98 Å². The molecule has 0 bridgehead atoms. The lowest BCUT2D eigenvalue weighted by atomic mass is 10.3. The van der Waals surface area contributed by atoms with Gasteiger partial charge in [-0.2, -0.15) is 0 Å². The average molecular weight is 283 g/mol. The van der Waals surface area contributed by atoms with E-state index in [1.54, 1.807) is 12.1 Å². The molecule has 0 fully saturated rings. The Kier molecular flexibility index (Phi) is 3.74. The Balaban J connectivity index is 2.31. The van der Waals surface area contributed by atoms with E-state index in [0.717, 1.165) is 0 Å². The minimum absolute atomic E-state index is 0.00359. The maximum atomic E-state index is 13.6. The van der Waals surface area contributed by atoms with Crippen LogP contribution in [0.4, 0.5) is 4.39 Å². The predicted molar refractivity (Wildman–Crippen MR) is 71.6 cm³/mol. The fourth-order valence-corrected chi connectivity index (χ4v) is 1.58. The van der Waals surface area contributed by atoms with Crippen molar-refractivity contribution in [3.63, 3.8) is 0 Å². The lowest BCUT2D eigenvalue weighted by Gasteiger charge is -2.08. The molecule has 92 valence electrons. The SMILES string of the molecule is NC(=S)c1cc(Oc2cccc(Cl)c2F)ccn1. The van der Waals surface area contributed by atoms with E-state index < -0.39 is 5.82 Å². The Morgan fingerprint density at radius 3 is 2.89 bits per heavy atom. The molecular weight excluding hydrogens is 275 g/mol. The maximum Gasteiger partial charge on any atom is 0.184 e. The van der Waals surface area contributed by atoms with Gasteiger partial charge >= 0.3 is 0 Å². The summed E-state index contributed by atoms with van der Waals surface area (Å²) in [6.45, 7) is 0. The fourth-order valence-electron chi connectivity index (χ4n) is 1.30. The molecule has 1 aromatic heterocycles. The second-order valence-corrected chi connectivity index (χ2v) is 4.24. The number of nitrogens with zero attached hydrogens (tertiary/aromatic N) is 1. The summed E-state index contributed by atoms with van der Waals surface area (Å²) in [5.41, 5.74) is 5.86. The number of hydrogen-bond acceptors (Lipinski definition) is 3. The molecule has 2 N–H and O–H groups in total. The molecule has 0 aliphatic carbocycles. The number of benzene rings is 1. The van der Waals surface area contributed by atoms with E-state index in [1.165, 1.54) is 24.4 Å². The van der Waals surface area contributed by atoms with Crippen LogP contribution in [0.3, 0.4) is 0 Å². The molecule has 1 heterocycles. The molecular formula is C12H8ClFN2OS. The van der Waals surface area contributed by atoms with Crippen molar-refractivity contribution in [2.75, 3.05) is 0 Å². The molecule has 0 radical (unpaired) electrons. The average Bonchev–Trinajstić information content (AvgIpc) is 2.35. The van der Waals surface area contributed by atoms with Crippen LogP contribution in [0.15, 0.2) is 36.5 Å². The van der Waals surface area contributed by atoms with Crippen molar-refractivity contribution in [1.82, 2.24) is 4.98 Å². The topological polar surface area (TPSA) is 48.1 Å². The van der Waals surface area contributed by atoms with Gasteiger partial charge in [0.1, 0.15) is 16.4 Å². The normalized spacial score (nSPS) is 10.1. The highest BCUT2D eigenvalue weighted by Gasteiger charge is 2.09. The fraction of sp³-hybridized carbons (Fsp3) is 0. The summed E-state index contributed by atoms with van der Waals surface area (Å²) in [5, 5.41) is -0.00359. The molecule has 0 spiro atoms. The molecule has 0 unspecified atom stereocenters. The zero-order valence-corrected chi connectivity index (χ0v) is 10.6. The van der Waals surface area contributed by atoms with Crippen molar-refractivity contribution in [3.05, 3.63) is 53.1 Å². The van der Waals surface area contributed by atoms with Gasteiger partial charge in [-0.15, -0.1) is 0 Å². The minimum atomic E-state index is -0.618. The molecule has 1 aromatic carbocycles. The van der Waals surface area contributed by atoms with E-state index in [9.17, 15) is 4.39 Å². The molecule has 0 atom stereocenters. The lowest BCUT2D eigenvalue weighted by molar-refractivity contribution is 0.442. The van der Waals surface area contributed by atoms with Gasteiger partial charge in [0.2, 0.25) is 0 Å². The van der Waals surface area contributed by atoms with E-state index in [0.29, 0.717) is 11.4 Å². The second-order valence-electron chi connectivity index (χ2n) is 3.40. The summed E-state index contributed by atoms with van der Waals surface area (Å²) in [5.74, 6) is -0.204. The molecule has 2 aromatic rings. The van der Waals surface area contributed by atoms with Gasteiger partial charge in [-0.05, 0) is 18.2 Å². The van der Waals surface area contributed by atoms with Crippen molar-refractivity contribution in [3.8, 4) is 11.5 Å². The minimum Gasteiger partial charge on any atom is -0.454 e. The third-order valence-electron chi connectivity index (χ3n) is 2.13. The van der Waals surface area contributed by atoms with Crippen LogP contribution in [0, 0.1) is 5.82 Å². The number of pyridine rings is 1. The predicted octanol–water partition coefficient (Wildman–Crippen LogP) is 3.30. The second kappa shape index (κ2) is 5.29. The van der Waals surface area contributed by atoms with Crippen molar-refractivity contribution in [2.24, 2.45) is 5.73 Å². The highest BCUT2D eigenvalue weighted by molar-refractivity contribution is 7.80. The van der Waals surface area contributed by atoms with Crippen LogP contribution in [0.25, 0.3) is 0 Å². The van der Waals surface area contributed by atoms with Crippen molar-refractivity contribution in [1.29, 1.82) is 0 Å². The smallest absolute Gasteiger partial charge is 0.184 e. The van der Waals surface area contributed by atoms with Gasteiger partial charge in [-0.1, -0.05) is 29.9 Å². The number of hydrogen-bond donors (Lipinski definition) is 1. The van der Waals surface area contributed by atoms with Crippen LogP contribution in [-0.4, -0.2) is 9.97 Å². The zero-order chi connectivity index (χ0) is 13.1. The van der Waals surface area contributed by atoms with Gasteiger partial charge < -0.3 is 10.5 Å². The summed E-state index contributed by atoms with van der Waals surface area (Å²) in [4.78, 5) is 4.10. The van der Waals surface area contributed by atoms with Crippen LogP contribution < -0.4 is 10.5 Å². The summed E-state index contributed by atoms with van der Waals surface area (Å²) in [6, 6.07) is 7.61. The van der Waals surface area contributed by atoms with Crippen molar-refractivity contribution >= 4 is 28.8 Å². The lowest BCUT2D eigenvalue weighted by Crippen LogP contribution is -2.11. The Labute approximate surface area is 113 Å². The third kappa shape index (κ3) is 2.75. The number of thiocarbonyl (C=S) groups is 1. The van der Waals surface area contributed by atoms with Gasteiger partial charge in [0, 0.05) is 12.3 Å². The standard InChI is InChI=1S/C12H8ClFN2OS/c13-8-2-1-3-10(11(8)14)17-7-4-5-16-9(6-7)12(15)18/h1-6H,(H2,15,18). The first-order valence-corrected chi connectivity index (χ1v) is 5.74. The highest BCUT2D eigenvalue weighted by atomic mass is 35.5. The molecule has 18 heavy (non-hydrogen) atoms. The number of aromatic nitrogens is 1. The number of ether oxygens (including phenoxy) is 1. The highest BCUT2D eigenvalue weighted by Crippen LogP contribution is 2.28. The molecule has 0 amide bonds. The summed E-state index contributed by atoms with van der Waals surface area (Å²) >= 11 is 10.5. The van der Waals surface area contributed by atoms with Gasteiger partial charge in [-0.25, -0.2) is 4.39 Å². The first kappa shape index (κ1) is 12.7. The first-order valence-electron chi connectivity index (χ1n) is 4.95. The van der Waals surface area contributed by atoms with Crippen LogP contribution in [-0.2, 0) is 0 Å². The van der Waals surface area contributed by atoms with Crippen LogP contribution in [0.5, 0.6) is 11.5 Å². The molecule has 0 aliphatic heterocycles. The van der Waals surface area contributed by atoms with Crippen LogP contribution in [0.1, 0.15) is 5.69 Å². The largest absolute Gasteiger partial charge is 0.454 e. The summed E-state index contributed by atoms with van der Waals surface area (Å²) in [7, 11) is 0. The Morgan fingerprint density at radius 1 is 1.39 bits per heavy atom. The Hall–Kier alpha value is -1.72. The molecule has 0 saturated carbocycles. The van der Waals surface area contributed by atoms with Crippen molar-refractivity contribution < 1.29 is 9.13 Å². The first-order chi connectivity index (χ1) is 8.58. The van der Waals surface area contributed by atoms with Gasteiger partial charge in [-0.3, -0.25) is 4.98 Å².